The molecule has 0 aliphatic heterocycles. The normalized spacial score (nSPS) is 10.8. The van der Waals surface area contributed by atoms with E-state index in [2.05, 4.69) is 48.1 Å². The van der Waals surface area contributed by atoms with Crippen molar-refractivity contribution in [2.75, 3.05) is 5.73 Å². The van der Waals surface area contributed by atoms with Crippen LogP contribution in [-0.4, -0.2) is 9.97 Å². The molecular weight excluding hydrogens is 242 g/mol. The van der Waals surface area contributed by atoms with Gasteiger partial charge in [-0.2, -0.15) is 0 Å². The average Bonchev–Trinajstić information content (AvgIpc) is 2.38. The van der Waals surface area contributed by atoms with E-state index in [1.807, 2.05) is 0 Å². The first-order valence-electron chi connectivity index (χ1n) is 5.95. The molecule has 2 aromatic rings. The van der Waals surface area contributed by atoms with Crippen molar-refractivity contribution >= 4 is 17.6 Å². The Morgan fingerprint density at radius 3 is 2.39 bits per heavy atom. The number of anilines is 1. The van der Waals surface area contributed by atoms with Crippen molar-refractivity contribution in [3.63, 3.8) is 0 Å². The first-order valence-corrected chi connectivity index (χ1v) is 6.93. The van der Waals surface area contributed by atoms with Crippen LogP contribution in [-0.2, 0) is 5.75 Å². The summed E-state index contributed by atoms with van der Waals surface area (Å²) in [4.78, 5) is 8.24. The number of hydrogen-bond donors (Lipinski definition) is 1. The molecule has 0 amide bonds. The number of nitrogens with two attached hydrogens (primary N) is 1. The number of thioether (sulfide) groups is 1. The summed E-state index contributed by atoms with van der Waals surface area (Å²) in [5.41, 5.74) is 8.39. The Labute approximate surface area is 112 Å². The van der Waals surface area contributed by atoms with Crippen LogP contribution in [0.1, 0.15) is 30.9 Å². The summed E-state index contributed by atoms with van der Waals surface area (Å²) in [5.74, 6) is 1.94. The second kappa shape index (κ2) is 5.87. The van der Waals surface area contributed by atoms with Gasteiger partial charge in [0.05, 0.1) is 0 Å². The predicted octanol–water partition coefficient (Wildman–Crippen LogP) is 3.47. The van der Waals surface area contributed by atoms with Crippen molar-refractivity contribution in [2.24, 2.45) is 0 Å². The van der Waals surface area contributed by atoms with Crippen LogP contribution in [0, 0.1) is 0 Å². The van der Waals surface area contributed by atoms with Gasteiger partial charge in [0.25, 0.3) is 0 Å². The number of nitrogen functional groups attached to an aromatic ring is 1. The first kappa shape index (κ1) is 12.9. The standard InChI is InChI=1S/C14H17N3S/c1-10(2)12-5-3-11(4-6-12)9-18-14-13(15)16-7-8-17-14/h3-8,10H,9H2,1-2H3,(H2,15,16). The van der Waals surface area contributed by atoms with Crippen molar-refractivity contribution in [1.29, 1.82) is 0 Å². The zero-order valence-corrected chi connectivity index (χ0v) is 11.4. The van der Waals surface area contributed by atoms with Crippen molar-refractivity contribution in [3.8, 4) is 0 Å². The monoisotopic (exact) mass is 259 g/mol. The Bertz CT molecular complexity index is 509. The highest BCUT2D eigenvalue weighted by Crippen LogP contribution is 2.25. The Balaban J connectivity index is 2.00. The molecule has 94 valence electrons. The van der Waals surface area contributed by atoms with Gasteiger partial charge in [-0.05, 0) is 17.0 Å². The van der Waals surface area contributed by atoms with Gasteiger partial charge in [-0.1, -0.05) is 49.9 Å². The van der Waals surface area contributed by atoms with Crippen LogP contribution in [0.5, 0.6) is 0 Å². The van der Waals surface area contributed by atoms with Crippen LogP contribution in [0.25, 0.3) is 0 Å². The lowest BCUT2D eigenvalue weighted by atomic mass is 10.0. The molecule has 0 spiro atoms. The highest BCUT2D eigenvalue weighted by atomic mass is 32.2. The molecule has 1 aromatic carbocycles. The topological polar surface area (TPSA) is 51.8 Å². The molecule has 2 N–H and O–H groups in total. The summed E-state index contributed by atoms with van der Waals surface area (Å²) in [7, 11) is 0. The number of hydrogen-bond acceptors (Lipinski definition) is 4. The summed E-state index contributed by atoms with van der Waals surface area (Å²) < 4.78 is 0. The van der Waals surface area contributed by atoms with Gasteiger partial charge in [-0.25, -0.2) is 9.97 Å². The largest absolute Gasteiger partial charge is 0.381 e. The van der Waals surface area contributed by atoms with Crippen molar-refractivity contribution in [1.82, 2.24) is 9.97 Å². The minimum absolute atomic E-state index is 0.501. The molecule has 1 aromatic heterocycles. The van der Waals surface area contributed by atoms with E-state index >= 15 is 0 Å². The molecule has 3 nitrogen and oxygen atoms in total. The molecule has 0 aliphatic carbocycles. The average molecular weight is 259 g/mol. The number of nitrogens with zero attached hydrogens (tertiary/aromatic N) is 2. The van der Waals surface area contributed by atoms with E-state index in [0.29, 0.717) is 11.7 Å². The molecule has 18 heavy (non-hydrogen) atoms. The van der Waals surface area contributed by atoms with Crippen LogP contribution >= 0.6 is 11.8 Å². The van der Waals surface area contributed by atoms with Crippen molar-refractivity contribution in [2.45, 2.75) is 30.5 Å². The summed E-state index contributed by atoms with van der Waals surface area (Å²) in [6.07, 6.45) is 3.28. The Hall–Kier alpha value is -1.55. The lowest BCUT2D eigenvalue weighted by Gasteiger charge is -2.07. The van der Waals surface area contributed by atoms with E-state index < -0.39 is 0 Å². The van der Waals surface area contributed by atoms with Crippen LogP contribution in [0.3, 0.4) is 0 Å². The Morgan fingerprint density at radius 2 is 1.78 bits per heavy atom. The molecule has 0 saturated heterocycles. The minimum Gasteiger partial charge on any atom is -0.381 e. The maximum absolute atomic E-state index is 5.75. The van der Waals surface area contributed by atoms with Crippen LogP contribution < -0.4 is 5.73 Å². The van der Waals surface area contributed by atoms with Crippen molar-refractivity contribution in [3.05, 3.63) is 47.8 Å². The van der Waals surface area contributed by atoms with Crippen molar-refractivity contribution < 1.29 is 0 Å². The third kappa shape index (κ3) is 3.23. The fraction of sp³-hybridized carbons (Fsp3) is 0.286. The second-order valence-corrected chi connectivity index (χ2v) is 5.40. The number of benzene rings is 1. The quantitative estimate of drug-likeness (QED) is 0.854. The van der Waals surface area contributed by atoms with Gasteiger partial charge in [0, 0.05) is 18.1 Å². The highest BCUT2D eigenvalue weighted by Gasteiger charge is 2.03. The van der Waals surface area contributed by atoms with Gasteiger partial charge in [-0.3, -0.25) is 0 Å². The molecule has 2 rings (SSSR count). The van der Waals surface area contributed by atoms with Crippen LogP contribution in [0.2, 0.25) is 0 Å². The van der Waals surface area contributed by atoms with E-state index in [9.17, 15) is 0 Å². The fourth-order valence-corrected chi connectivity index (χ4v) is 2.43. The fourth-order valence-electron chi connectivity index (χ4n) is 1.60. The highest BCUT2D eigenvalue weighted by molar-refractivity contribution is 7.98. The van der Waals surface area contributed by atoms with Gasteiger partial charge in [0.1, 0.15) is 5.03 Å². The molecule has 0 aliphatic rings. The maximum atomic E-state index is 5.75. The van der Waals surface area contributed by atoms with E-state index in [1.54, 1.807) is 24.2 Å². The van der Waals surface area contributed by atoms with E-state index in [0.717, 1.165) is 10.8 Å². The van der Waals surface area contributed by atoms with Crippen LogP contribution in [0.4, 0.5) is 5.82 Å². The summed E-state index contributed by atoms with van der Waals surface area (Å²) in [6.45, 7) is 4.40. The number of aromatic nitrogens is 2. The molecule has 0 unspecified atom stereocenters. The summed E-state index contributed by atoms with van der Waals surface area (Å²) in [5, 5.41) is 0.797. The molecule has 0 radical (unpaired) electrons. The number of rotatable bonds is 4. The Kier molecular flexibility index (Phi) is 4.20. The van der Waals surface area contributed by atoms with Gasteiger partial charge in [-0.15, -0.1) is 0 Å². The van der Waals surface area contributed by atoms with Gasteiger partial charge >= 0.3 is 0 Å². The summed E-state index contributed by atoms with van der Waals surface area (Å²) in [6, 6.07) is 8.69. The molecule has 0 atom stereocenters. The summed E-state index contributed by atoms with van der Waals surface area (Å²) >= 11 is 1.62. The first-order chi connectivity index (χ1) is 8.66. The van der Waals surface area contributed by atoms with Crippen LogP contribution in [0.15, 0.2) is 41.7 Å². The lowest BCUT2D eigenvalue weighted by molar-refractivity contribution is 0.866. The minimum atomic E-state index is 0.501. The maximum Gasteiger partial charge on any atom is 0.156 e. The molecular formula is C14H17N3S. The van der Waals surface area contributed by atoms with Gasteiger partial charge in [0.2, 0.25) is 0 Å². The zero-order valence-electron chi connectivity index (χ0n) is 10.6. The molecule has 0 saturated carbocycles. The molecule has 1 heterocycles. The molecule has 0 bridgehead atoms. The Morgan fingerprint density at radius 1 is 1.11 bits per heavy atom. The van der Waals surface area contributed by atoms with Gasteiger partial charge < -0.3 is 5.73 Å². The van der Waals surface area contributed by atoms with E-state index in [-0.39, 0.29) is 0 Å². The smallest absolute Gasteiger partial charge is 0.156 e. The third-order valence-electron chi connectivity index (χ3n) is 2.71. The molecule has 0 fully saturated rings. The zero-order chi connectivity index (χ0) is 13.0. The third-order valence-corrected chi connectivity index (χ3v) is 3.78. The van der Waals surface area contributed by atoms with E-state index in [4.69, 9.17) is 5.73 Å². The lowest BCUT2D eigenvalue weighted by Crippen LogP contribution is -1.95. The second-order valence-electron chi connectivity index (χ2n) is 4.43. The predicted molar refractivity (Wildman–Crippen MR) is 76.5 cm³/mol. The van der Waals surface area contributed by atoms with E-state index in [1.165, 1.54) is 11.1 Å². The molecule has 4 heteroatoms. The van der Waals surface area contributed by atoms with Gasteiger partial charge in [0.15, 0.2) is 5.82 Å². The SMILES string of the molecule is CC(C)c1ccc(CSc2nccnc2N)cc1.